The zero-order chi connectivity index (χ0) is 13.0. The lowest BCUT2D eigenvalue weighted by atomic mass is 9.99. The number of carbonyl (C=O) groups is 1. The van der Waals surface area contributed by atoms with Crippen LogP contribution in [0.3, 0.4) is 0 Å². The van der Waals surface area contributed by atoms with Gasteiger partial charge in [0, 0.05) is 11.5 Å². The van der Waals surface area contributed by atoms with Crippen molar-refractivity contribution in [1.29, 1.82) is 0 Å². The highest BCUT2D eigenvalue weighted by Gasteiger charge is 2.30. The van der Waals surface area contributed by atoms with Crippen LogP contribution < -0.4 is 5.69 Å². The number of hydrogen-bond donors (Lipinski definition) is 1. The van der Waals surface area contributed by atoms with Crippen molar-refractivity contribution in [2.75, 3.05) is 0 Å². The fourth-order valence-electron chi connectivity index (χ4n) is 2.67. The summed E-state index contributed by atoms with van der Waals surface area (Å²) in [5, 5.41) is 9.23. The van der Waals surface area contributed by atoms with E-state index in [0.717, 1.165) is 21.1 Å². The predicted octanol–water partition coefficient (Wildman–Crippen LogP) is 1.67. The lowest BCUT2D eigenvalue weighted by Crippen LogP contribution is -2.32. The van der Waals surface area contributed by atoms with Gasteiger partial charge < -0.3 is 5.11 Å². The van der Waals surface area contributed by atoms with Gasteiger partial charge in [0.2, 0.25) is 0 Å². The normalized spacial score (nSPS) is 18.2. The number of aromatic nitrogens is 2. The third kappa shape index (κ3) is 1.38. The first-order valence-corrected chi connectivity index (χ1v) is 6.42. The monoisotopic (exact) mass is 310 g/mol. The molecule has 18 heavy (non-hydrogen) atoms. The molecule has 1 atom stereocenters. The number of aliphatic carboxylic acids is 1. The molecule has 6 heteroatoms. The molecule has 3 rings (SSSR count). The summed E-state index contributed by atoms with van der Waals surface area (Å²) in [6.45, 7) is 0. The van der Waals surface area contributed by atoms with Crippen LogP contribution in [0.15, 0.2) is 21.4 Å². The van der Waals surface area contributed by atoms with Crippen molar-refractivity contribution in [3.8, 4) is 0 Å². The minimum absolute atomic E-state index is 0.267. The molecule has 2 heterocycles. The fraction of sp³-hybridized carbons (Fsp3) is 0.333. The Labute approximate surface area is 111 Å². The second-order valence-electron chi connectivity index (χ2n) is 4.54. The maximum atomic E-state index is 12.2. The smallest absolute Gasteiger partial charge is 0.329 e. The van der Waals surface area contributed by atoms with Crippen molar-refractivity contribution in [3.05, 3.63) is 32.7 Å². The van der Waals surface area contributed by atoms with Crippen LogP contribution in [-0.2, 0) is 18.3 Å². The largest absolute Gasteiger partial charge is 0.480 e. The van der Waals surface area contributed by atoms with Gasteiger partial charge in [0.15, 0.2) is 0 Å². The molecule has 94 valence electrons. The zero-order valence-corrected chi connectivity index (χ0v) is 11.3. The molecule has 5 nitrogen and oxygen atoms in total. The highest BCUT2D eigenvalue weighted by Crippen LogP contribution is 2.32. The number of imidazole rings is 1. The van der Waals surface area contributed by atoms with E-state index in [-0.39, 0.29) is 5.69 Å². The maximum Gasteiger partial charge on any atom is 0.329 e. The minimum atomic E-state index is -0.946. The molecule has 0 bridgehead atoms. The second kappa shape index (κ2) is 3.71. The van der Waals surface area contributed by atoms with Gasteiger partial charge in [-0.1, -0.05) is 15.9 Å². The average Bonchev–Trinajstić information content (AvgIpc) is 2.56. The van der Waals surface area contributed by atoms with Gasteiger partial charge in [-0.15, -0.1) is 0 Å². The van der Waals surface area contributed by atoms with Gasteiger partial charge in [-0.2, -0.15) is 0 Å². The van der Waals surface area contributed by atoms with Gasteiger partial charge in [-0.25, -0.2) is 9.59 Å². The first-order valence-electron chi connectivity index (χ1n) is 5.63. The number of aryl methyl sites for hydroxylation is 2. The number of hydrogen-bond acceptors (Lipinski definition) is 2. The van der Waals surface area contributed by atoms with E-state index in [1.54, 1.807) is 7.05 Å². The number of benzene rings is 1. The Morgan fingerprint density at radius 2 is 2.22 bits per heavy atom. The predicted molar refractivity (Wildman–Crippen MR) is 69.9 cm³/mol. The summed E-state index contributed by atoms with van der Waals surface area (Å²) in [6, 6.07) is 3.05. The molecule has 1 aromatic heterocycles. The molecule has 0 saturated carbocycles. The van der Waals surface area contributed by atoms with E-state index in [4.69, 9.17) is 0 Å². The number of carboxylic acids is 1. The molecule has 0 aliphatic carbocycles. The Morgan fingerprint density at radius 3 is 2.89 bits per heavy atom. The second-order valence-corrected chi connectivity index (χ2v) is 5.45. The molecule has 0 fully saturated rings. The topological polar surface area (TPSA) is 64.2 Å². The van der Waals surface area contributed by atoms with Gasteiger partial charge in [-0.05, 0) is 30.5 Å². The Hall–Kier alpha value is -1.56. The highest BCUT2D eigenvalue weighted by atomic mass is 79.9. The van der Waals surface area contributed by atoms with Gasteiger partial charge >= 0.3 is 11.7 Å². The summed E-state index contributed by atoms with van der Waals surface area (Å²) >= 11 is 3.42. The van der Waals surface area contributed by atoms with Crippen LogP contribution in [0.1, 0.15) is 18.0 Å². The van der Waals surface area contributed by atoms with E-state index >= 15 is 0 Å². The van der Waals surface area contributed by atoms with E-state index in [2.05, 4.69) is 15.9 Å². The summed E-state index contributed by atoms with van der Waals surface area (Å²) in [5.74, 6) is -0.946. The first kappa shape index (κ1) is 11.5. The van der Waals surface area contributed by atoms with Crippen LogP contribution in [0.2, 0.25) is 0 Å². The van der Waals surface area contributed by atoms with Gasteiger partial charge in [0.05, 0.1) is 11.0 Å². The molecule has 0 amide bonds. The van der Waals surface area contributed by atoms with Crippen molar-refractivity contribution in [2.45, 2.75) is 18.9 Å². The van der Waals surface area contributed by atoms with Gasteiger partial charge in [0.1, 0.15) is 6.04 Å². The molecule has 1 unspecified atom stereocenters. The van der Waals surface area contributed by atoms with Crippen molar-refractivity contribution in [1.82, 2.24) is 9.13 Å². The Morgan fingerprint density at radius 1 is 1.50 bits per heavy atom. The SMILES string of the molecule is Cn1c(=O)n2c3c(cc(Br)cc31)CCC2C(=O)O. The maximum absolute atomic E-state index is 12.2. The zero-order valence-electron chi connectivity index (χ0n) is 9.68. The van der Waals surface area contributed by atoms with Crippen LogP contribution in [0.5, 0.6) is 0 Å². The fourth-order valence-corrected chi connectivity index (χ4v) is 3.16. The molecule has 1 N–H and O–H groups in total. The average molecular weight is 311 g/mol. The van der Waals surface area contributed by atoms with Crippen LogP contribution in [0.25, 0.3) is 11.0 Å². The molecule has 0 spiro atoms. The van der Waals surface area contributed by atoms with Crippen LogP contribution >= 0.6 is 15.9 Å². The number of halogens is 1. The molecular formula is C12H11BrN2O3. The quantitative estimate of drug-likeness (QED) is 0.871. The van der Waals surface area contributed by atoms with Crippen molar-refractivity contribution >= 4 is 32.9 Å². The Kier molecular flexibility index (Phi) is 2.38. The Bertz CT molecular complexity index is 729. The number of rotatable bonds is 1. The van der Waals surface area contributed by atoms with Crippen molar-refractivity contribution in [2.24, 2.45) is 7.05 Å². The Balaban J connectivity index is 2.48. The molecule has 0 radical (unpaired) electrons. The standard InChI is InChI=1S/C12H11BrN2O3/c1-14-9-5-7(13)4-6-2-3-8(11(16)17)15(10(6)9)12(14)18/h4-5,8H,2-3H2,1H3,(H,16,17). The summed E-state index contributed by atoms with van der Waals surface area (Å²) in [4.78, 5) is 23.4. The third-order valence-corrected chi connectivity index (χ3v) is 3.97. The summed E-state index contributed by atoms with van der Waals surface area (Å²) < 4.78 is 3.82. The summed E-state index contributed by atoms with van der Waals surface area (Å²) in [7, 11) is 1.67. The van der Waals surface area contributed by atoms with Crippen LogP contribution in [-0.4, -0.2) is 20.2 Å². The van der Waals surface area contributed by atoms with E-state index in [0.29, 0.717) is 12.8 Å². The van der Waals surface area contributed by atoms with E-state index in [1.807, 2.05) is 12.1 Å². The highest BCUT2D eigenvalue weighted by molar-refractivity contribution is 9.10. The van der Waals surface area contributed by atoms with Crippen molar-refractivity contribution in [3.63, 3.8) is 0 Å². The van der Waals surface area contributed by atoms with E-state index in [9.17, 15) is 14.7 Å². The van der Waals surface area contributed by atoms with E-state index in [1.165, 1.54) is 9.13 Å². The molecule has 1 aromatic carbocycles. The van der Waals surface area contributed by atoms with E-state index < -0.39 is 12.0 Å². The van der Waals surface area contributed by atoms with Gasteiger partial charge in [0.25, 0.3) is 0 Å². The number of carboxylic acid groups (broad SMARTS) is 1. The molecule has 1 aliphatic rings. The molecule has 2 aromatic rings. The summed E-state index contributed by atoms with van der Waals surface area (Å²) in [6.07, 6.45) is 1.13. The minimum Gasteiger partial charge on any atom is -0.480 e. The van der Waals surface area contributed by atoms with Crippen molar-refractivity contribution < 1.29 is 9.90 Å². The summed E-state index contributed by atoms with van der Waals surface area (Å²) in [5.41, 5.74) is 2.28. The lowest BCUT2D eigenvalue weighted by Gasteiger charge is -2.21. The van der Waals surface area contributed by atoms with Crippen LogP contribution in [0.4, 0.5) is 0 Å². The number of nitrogens with zero attached hydrogens (tertiary/aromatic N) is 2. The lowest BCUT2D eigenvalue weighted by molar-refractivity contribution is -0.141. The van der Waals surface area contributed by atoms with Gasteiger partial charge in [-0.3, -0.25) is 9.13 Å². The third-order valence-electron chi connectivity index (χ3n) is 3.51. The molecule has 1 aliphatic heterocycles. The molecular weight excluding hydrogens is 300 g/mol. The van der Waals surface area contributed by atoms with Crippen LogP contribution in [0, 0.1) is 0 Å². The molecule has 0 saturated heterocycles. The first-order chi connectivity index (χ1) is 8.50.